The maximum atomic E-state index is 13.6. The number of carbonyl (C=O) groups is 1. The van der Waals surface area contributed by atoms with E-state index in [1.165, 1.54) is 0 Å². The van der Waals surface area contributed by atoms with E-state index in [0.29, 0.717) is 0 Å². The Morgan fingerprint density at radius 3 is 2.35 bits per heavy atom. The molecule has 0 spiro atoms. The summed E-state index contributed by atoms with van der Waals surface area (Å²) in [5, 5.41) is 0. The third kappa shape index (κ3) is 5.65. The molecule has 0 aliphatic carbocycles. The Labute approximate surface area is 125 Å². The van der Waals surface area contributed by atoms with Crippen LogP contribution in [0.25, 0.3) is 0 Å². The largest absolute Gasteiger partial charge is 1.00 e. The molecular weight excluding hydrogens is 260 g/mol. The van der Waals surface area contributed by atoms with Crippen molar-refractivity contribution in [3.05, 3.63) is 0 Å². The molecule has 0 bridgehead atoms. The number of carbonyl (C=O) groups excluding carboxylic acids is 1. The maximum Gasteiger partial charge on any atom is 1.00 e. The minimum absolute atomic E-state index is 0. The summed E-state index contributed by atoms with van der Waals surface area (Å²) in [5.41, 5.74) is -2.45. The van der Waals surface area contributed by atoms with E-state index in [-0.39, 0.29) is 42.6 Å². The zero-order valence-corrected chi connectivity index (χ0v) is 13.3. The minimum Gasteiger partial charge on any atom is -0.772 e. The van der Waals surface area contributed by atoms with Gasteiger partial charge in [-0.05, 0) is 20.8 Å². The van der Waals surface area contributed by atoms with Gasteiger partial charge in [-0.2, -0.15) is 0 Å². The summed E-state index contributed by atoms with van der Waals surface area (Å²) in [4.78, 5) is 12.5. The molecule has 1 aliphatic heterocycles. The standard InChI is InChI=1S/C9H16FNO4S.Na/c1-8(2,3)15-7(12)11-4-9(10,5-11)6-16(13)14;/h4-6H2,1-3H3,(H,13,14);/q;+1/p-1. The second-order valence-corrected chi connectivity index (χ2v) is 5.83. The summed E-state index contributed by atoms with van der Waals surface area (Å²) in [5.74, 6) is -0.577. The van der Waals surface area contributed by atoms with Gasteiger partial charge >= 0.3 is 35.7 Å². The molecule has 8 heteroatoms. The Hall–Kier alpha value is 0.310. The fourth-order valence-electron chi connectivity index (χ4n) is 1.40. The Morgan fingerprint density at radius 1 is 1.53 bits per heavy atom. The third-order valence-corrected chi connectivity index (χ3v) is 2.73. The SMILES string of the molecule is CC(C)(C)OC(=O)N1CC(F)(CS(=O)[O-])C1.[Na+]. The summed E-state index contributed by atoms with van der Waals surface area (Å²) in [6.45, 7) is 4.67. The van der Waals surface area contributed by atoms with Gasteiger partial charge < -0.3 is 14.2 Å². The van der Waals surface area contributed by atoms with Crippen molar-refractivity contribution in [3.63, 3.8) is 0 Å². The van der Waals surface area contributed by atoms with Crippen LogP contribution in [-0.2, 0) is 15.8 Å². The van der Waals surface area contributed by atoms with Gasteiger partial charge in [0.2, 0.25) is 0 Å². The predicted octanol–water partition coefficient (Wildman–Crippen LogP) is -2.17. The van der Waals surface area contributed by atoms with Gasteiger partial charge in [-0.15, -0.1) is 0 Å². The summed E-state index contributed by atoms with van der Waals surface area (Å²) >= 11 is -2.43. The van der Waals surface area contributed by atoms with Crippen molar-refractivity contribution >= 4 is 17.2 Å². The van der Waals surface area contributed by atoms with E-state index >= 15 is 0 Å². The van der Waals surface area contributed by atoms with Gasteiger partial charge in [-0.3, -0.25) is 4.21 Å². The second kappa shape index (κ2) is 5.97. The Morgan fingerprint density at radius 2 is 2.00 bits per heavy atom. The van der Waals surface area contributed by atoms with Crippen LogP contribution in [0.3, 0.4) is 0 Å². The average Bonchev–Trinajstić information content (AvgIpc) is 1.94. The van der Waals surface area contributed by atoms with Crippen LogP contribution in [-0.4, -0.2) is 49.9 Å². The molecule has 1 fully saturated rings. The number of ether oxygens (including phenoxy) is 1. The third-order valence-electron chi connectivity index (χ3n) is 1.98. The fourth-order valence-corrected chi connectivity index (χ4v) is 2.00. The second-order valence-electron chi connectivity index (χ2n) is 4.94. The van der Waals surface area contributed by atoms with Crippen LogP contribution in [0.5, 0.6) is 0 Å². The van der Waals surface area contributed by atoms with Crippen LogP contribution in [0.1, 0.15) is 20.8 Å². The van der Waals surface area contributed by atoms with Crippen LogP contribution in [0.4, 0.5) is 9.18 Å². The van der Waals surface area contributed by atoms with Gasteiger partial charge in [0.15, 0.2) is 5.67 Å². The predicted molar refractivity (Wildman–Crippen MR) is 55.4 cm³/mol. The molecule has 1 atom stereocenters. The summed E-state index contributed by atoms with van der Waals surface area (Å²) in [7, 11) is 0. The number of likely N-dealkylation sites (tertiary alicyclic amines) is 1. The summed E-state index contributed by atoms with van der Waals surface area (Å²) in [6.07, 6.45) is -0.613. The number of rotatable bonds is 2. The molecule has 0 radical (unpaired) electrons. The smallest absolute Gasteiger partial charge is 0.772 e. The van der Waals surface area contributed by atoms with Crippen LogP contribution in [0.2, 0.25) is 0 Å². The first-order valence-corrected chi connectivity index (χ1v) is 6.08. The van der Waals surface area contributed by atoms with Crippen molar-refractivity contribution < 1.29 is 52.2 Å². The van der Waals surface area contributed by atoms with E-state index in [9.17, 15) is 17.9 Å². The number of alkyl halides is 1. The Kier molecular flexibility index (Phi) is 6.08. The number of hydrogen-bond donors (Lipinski definition) is 0. The first kappa shape index (κ1) is 17.3. The van der Waals surface area contributed by atoms with Gasteiger partial charge in [0.25, 0.3) is 0 Å². The maximum absolute atomic E-state index is 13.6. The average molecular weight is 275 g/mol. The number of halogens is 1. The van der Waals surface area contributed by atoms with Gasteiger partial charge in [0.1, 0.15) is 5.60 Å². The molecular formula is C9H15FNNaO4S. The molecule has 0 N–H and O–H groups in total. The molecule has 1 heterocycles. The molecule has 0 aromatic heterocycles. The van der Waals surface area contributed by atoms with E-state index in [4.69, 9.17) is 4.74 Å². The molecule has 5 nitrogen and oxygen atoms in total. The molecule has 1 rings (SSSR count). The molecule has 1 unspecified atom stereocenters. The molecule has 0 aromatic rings. The number of nitrogens with zero attached hydrogens (tertiary/aromatic N) is 1. The molecule has 1 aliphatic rings. The summed E-state index contributed by atoms with van der Waals surface area (Å²) in [6, 6.07) is 0. The molecule has 1 amide bonds. The fraction of sp³-hybridized carbons (Fsp3) is 0.889. The first-order valence-electron chi connectivity index (χ1n) is 4.84. The van der Waals surface area contributed by atoms with Crippen molar-refractivity contribution in [2.45, 2.75) is 32.0 Å². The van der Waals surface area contributed by atoms with E-state index in [1.54, 1.807) is 20.8 Å². The Balaban J connectivity index is 0.00000256. The van der Waals surface area contributed by atoms with E-state index < -0.39 is 34.2 Å². The van der Waals surface area contributed by atoms with E-state index in [0.717, 1.165) is 4.90 Å². The van der Waals surface area contributed by atoms with Gasteiger partial charge in [-0.25, -0.2) is 9.18 Å². The zero-order valence-electron chi connectivity index (χ0n) is 10.5. The first-order chi connectivity index (χ1) is 7.11. The monoisotopic (exact) mass is 275 g/mol. The van der Waals surface area contributed by atoms with E-state index in [2.05, 4.69) is 0 Å². The van der Waals surface area contributed by atoms with Gasteiger partial charge in [0.05, 0.1) is 13.1 Å². The van der Waals surface area contributed by atoms with Crippen LogP contribution in [0, 0.1) is 0 Å². The van der Waals surface area contributed by atoms with E-state index in [1.807, 2.05) is 0 Å². The topological polar surface area (TPSA) is 69.7 Å². The van der Waals surface area contributed by atoms with Crippen LogP contribution < -0.4 is 29.6 Å². The minimum atomic E-state index is -2.43. The number of amides is 1. The zero-order chi connectivity index (χ0) is 12.6. The molecule has 1 saturated heterocycles. The molecule has 0 aromatic carbocycles. The van der Waals surface area contributed by atoms with Crippen molar-refractivity contribution in [3.8, 4) is 0 Å². The van der Waals surface area contributed by atoms with Gasteiger partial charge in [0, 0.05) is 5.75 Å². The van der Waals surface area contributed by atoms with Gasteiger partial charge in [-0.1, -0.05) is 11.1 Å². The number of hydrogen-bond acceptors (Lipinski definition) is 4. The van der Waals surface area contributed by atoms with Crippen molar-refractivity contribution in [2.75, 3.05) is 18.8 Å². The van der Waals surface area contributed by atoms with Crippen LogP contribution >= 0.6 is 0 Å². The molecule has 0 saturated carbocycles. The van der Waals surface area contributed by atoms with Crippen molar-refractivity contribution in [1.29, 1.82) is 0 Å². The molecule has 17 heavy (non-hydrogen) atoms. The van der Waals surface area contributed by atoms with Crippen molar-refractivity contribution in [1.82, 2.24) is 4.90 Å². The summed E-state index contributed by atoms with van der Waals surface area (Å²) < 4.78 is 39.2. The molecule has 94 valence electrons. The normalized spacial score (nSPS) is 19.9. The Bertz CT molecular complexity index is 315. The van der Waals surface area contributed by atoms with Crippen molar-refractivity contribution in [2.24, 2.45) is 0 Å². The quantitative estimate of drug-likeness (QED) is 0.425. The van der Waals surface area contributed by atoms with Crippen LogP contribution in [0.15, 0.2) is 0 Å².